The molecule has 0 radical (unpaired) electrons. The van der Waals surface area contributed by atoms with Gasteiger partial charge in [0.1, 0.15) is 0 Å². The lowest BCUT2D eigenvalue weighted by Gasteiger charge is -2.29. The van der Waals surface area contributed by atoms with Gasteiger partial charge in [-0.05, 0) is 66.5 Å². The highest BCUT2D eigenvalue weighted by Crippen LogP contribution is 2.36. The van der Waals surface area contributed by atoms with Crippen LogP contribution in [0, 0.1) is 0 Å². The molecule has 0 saturated carbocycles. The van der Waals surface area contributed by atoms with Crippen LogP contribution in [0.3, 0.4) is 0 Å². The van der Waals surface area contributed by atoms with Gasteiger partial charge in [0.05, 0.1) is 0 Å². The third-order valence-electron chi connectivity index (χ3n) is 5.58. The maximum Gasteiger partial charge on any atom is 0.0407 e. The number of fused-ring (bicyclic) bond motifs is 2. The second-order valence-corrected chi connectivity index (χ2v) is 9.08. The molecule has 132 valence electrons. The van der Waals surface area contributed by atoms with Gasteiger partial charge in [0, 0.05) is 47.5 Å². The van der Waals surface area contributed by atoms with Gasteiger partial charge < -0.3 is 9.80 Å². The number of hydrogen-bond donors (Lipinski definition) is 0. The Morgan fingerprint density at radius 1 is 0.760 bits per heavy atom. The lowest BCUT2D eigenvalue weighted by Crippen LogP contribution is -2.25. The van der Waals surface area contributed by atoms with Crippen molar-refractivity contribution in [2.45, 2.75) is 32.1 Å². The first-order valence-electron chi connectivity index (χ1n) is 9.08. The van der Waals surface area contributed by atoms with Crippen molar-refractivity contribution in [2.75, 3.05) is 37.0 Å². The molecule has 0 spiro atoms. The Morgan fingerprint density at radius 2 is 1.20 bits per heavy atom. The fourth-order valence-electron chi connectivity index (χ4n) is 4.16. The smallest absolute Gasteiger partial charge is 0.0407 e. The summed E-state index contributed by atoms with van der Waals surface area (Å²) < 4.78 is 2.45. The lowest BCUT2D eigenvalue weighted by atomic mass is 9.94. The highest BCUT2D eigenvalue weighted by atomic mass is 79.9. The highest BCUT2D eigenvalue weighted by Gasteiger charge is 2.19. The first-order valence-corrected chi connectivity index (χ1v) is 10.7. The molecule has 2 aromatic rings. The molecule has 0 atom stereocenters. The van der Waals surface area contributed by atoms with E-state index in [0.29, 0.717) is 0 Å². The summed E-state index contributed by atoms with van der Waals surface area (Å²) in [5.74, 6) is 0. The Kier molecular flexibility index (Phi) is 4.85. The van der Waals surface area contributed by atoms with E-state index in [0.717, 1.165) is 19.5 Å². The van der Waals surface area contributed by atoms with E-state index < -0.39 is 0 Å². The standard InChI is InChI=1S/C21H24Br2N2/c1-24-7-3-5-14-9-16(18(22)12-20(14)24)11-17-10-15-6-4-8-25(2)21(15)13-19(17)23/h9-10,12-13H,3-8,11H2,1-2H3. The summed E-state index contributed by atoms with van der Waals surface area (Å²) >= 11 is 7.64. The molecular formula is C21H24Br2N2. The molecule has 0 amide bonds. The van der Waals surface area contributed by atoms with Crippen LogP contribution < -0.4 is 9.80 Å². The van der Waals surface area contributed by atoms with Crippen LogP contribution in [-0.2, 0) is 19.3 Å². The van der Waals surface area contributed by atoms with E-state index in [4.69, 9.17) is 0 Å². The molecule has 0 aromatic heterocycles. The first kappa shape index (κ1) is 17.4. The number of aryl methyl sites for hydroxylation is 2. The molecule has 4 heteroatoms. The zero-order valence-electron chi connectivity index (χ0n) is 14.9. The quantitative estimate of drug-likeness (QED) is 0.574. The largest absolute Gasteiger partial charge is 0.374 e. The van der Waals surface area contributed by atoms with Crippen molar-refractivity contribution < 1.29 is 0 Å². The SMILES string of the molecule is CN1CCCc2cc(Cc3cc4c(cc3Br)N(C)CCC4)c(Br)cc21. The van der Waals surface area contributed by atoms with Crippen molar-refractivity contribution in [1.82, 2.24) is 0 Å². The predicted molar refractivity (Wildman–Crippen MR) is 114 cm³/mol. The van der Waals surface area contributed by atoms with Crippen LogP contribution >= 0.6 is 31.9 Å². The Labute approximate surface area is 167 Å². The molecule has 0 fully saturated rings. The van der Waals surface area contributed by atoms with Crippen LogP contribution in [0.4, 0.5) is 11.4 Å². The average molecular weight is 464 g/mol. The third kappa shape index (κ3) is 3.35. The molecule has 0 unspecified atom stereocenters. The summed E-state index contributed by atoms with van der Waals surface area (Å²) in [4.78, 5) is 4.75. The highest BCUT2D eigenvalue weighted by molar-refractivity contribution is 9.10. The number of nitrogens with zero attached hydrogens (tertiary/aromatic N) is 2. The van der Waals surface area contributed by atoms with Crippen LogP contribution in [0.25, 0.3) is 0 Å². The summed E-state index contributed by atoms with van der Waals surface area (Å²) in [5.41, 5.74) is 8.51. The number of anilines is 2. The molecule has 2 aliphatic heterocycles. The molecule has 2 nitrogen and oxygen atoms in total. The van der Waals surface area contributed by atoms with Gasteiger partial charge >= 0.3 is 0 Å². The van der Waals surface area contributed by atoms with Crippen LogP contribution in [0.5, 0.6) is 0 Å². The number of benzene rings is 2. The maximum atomic E-state index is 3.82. The Morgan fingerprint density at radius 3 is 1.64 bits per heavy atom. The van der Waals surface area contributed by atoms with Gasteiger partial charge in [0.2, 0.25) is 0 Å². The molecule has 0 N–H and O–H groups in total. The van der Waals surface area contributed by atoms with E-state index in [-0.39, 0.29) is 0 Å². The van der Waals surface area contributed by atoms with Crippen molar-refractivity contribution in [3.05, 3.63) is 55.5 Å². The molecule has 2 heterocycles. The summed E-state index contributed by atoms with van der Waals surface area (Å²) in [6.07, 6.45) is 5.85. The lowest BCUT2D eigenvalue weighted by molar-refractivity contribution is 0.741. The predicted octanol–water partition coefficient (Wildman–Crippen LogP) is 5.57. The van der Waals surface area contributed by atoms with Gasteiger partial charge in [0.25, 0.3) is 0 Å². The molecule has 2 aliphatic rings. The number of hydrogen-bond acceptors (Lipinski definition) is 2. The van der Waals surface area contributed by atoms with Crippen LogP contribution in [0.15, 0.2) is 33.2 Å². The van der Waals surface area contributed by atoms with Crippen molar-refractivity contribution in [2.24, 2.45) is 0 Å². The van der Waals surface area contributed by atoms with Gasteiger partial charge in [-0.3, -0.25) is 0 Å². The van der Waals surface area contributed by atoms with Crippen molar-refractivity contribution in [3.63, 3.8) is 0 Å². The van der Waals surface area contributed by atoms with Gasteiger partial charge in [-0.25, -0.2) is 0 Å². The third-order valence-corrected chi connectivity index (χ3v) is 7.05. The second kappa shape index (κ2) is 6.96. The molecule has 4 rings (SSSR count). The molecule has 0 saturated heterocycles. The van der Waals surface area contributed by atoms with Crippen molar-refractivity contribution in [1.29, 1.82) is 0 Å². The fraction of sp³-hybridized carbons (Fsp3) is 0.429. The van der Waals surface area contributed by atoms with E-state index in [1.165, 1.54) is 68.3 Å². The zero-order chi connectivity index (χ0) is 17.6. The Hall–Kier alpha value is -1.00. The molecule has 25 heavy (non-hydrogen) atoms. The molecule has 2 aromatic carbocycles. The van der Waals surface area contributed by atoms with E-state index >= 15 is 0 Å². The fourth-order valence-corrected chi connectivity index (χ4v) is 5.10. The normalized spacial score (nSPS) is 16.6. The summed E-state index contributed by atoms with van der Waals surface area (Å²) in [6, 6.07) is 9.44. The van der Waals surface area contributed by atoms with Gasteiger partial charge in [-0.2, -0.15) is 0 Å². The average Bonchev–Trinajstić information content (AvgIpc) is 2.58. The molecular weight excluding hydrogens is 440 g/mol. The van der Waals surface area contributed by atoms with Crippen LogP contribution in [0.2, 0.25) is 0 Å². The van der Waals surface area contributed by atoms with E-state index in [2.05, 4.69) is 80.0 Å². The van der Waals surface area contributed by atoms with Gasteiger partial charge in [-0.15, -0.1) is 0 Å². The topological polar surface area (TPSA) is 6.48 Å². The minimum atomic E-state index is 0.967. The molecule has 0 aliphatic carbocycles. The summed E-state index contributed by atoms with van der Waals surface area (Å²) in [7, 11) is 4.39. The first-order chi connectivity index (χ1) is 12.0. The van der Waals surface area contributed by atoms with Gasteiger partial charge in [-0.1, -0.05) is 44.0 Å². The van der Waals surface area contributed by atoms with E-state index in [9.17, 15) is 0 Å². The van der Waals surface area contributed by atoms with Crippen molar-refractivity contribution >= 4 is 43.2 Å². The van der Waals surface area contributed by atoms with Crippen LogP contribution in [-0.4, -0.2) is 27.2 Å². The minimum Gasteiger partial charge on any atom is -0.374 e. The summed E-state index contributed by atoms with van der Waals surface area (Å²) in [5, 5.41) is 0. The Balaban J connectivity index is 1.69. The Bertz CT molecular complexity index is 749. The second-order valence-electron chi connectivity index (χ2n) is 7.37. The number of halogens is 2. The van der Waals surface area contributed by atoms with E-state index in [1.807, 2.05) is 0 Å². The van der Waals surface area contributed by atoms with Gasteiger partial charge in [0.15, 0.2) is 0 Å². The maximum absolute atomic E-state index is 3.82. The minimum absolute atomic E-state index is 0.967. The van der Waals surface area contributed by atoms with Crippen molar-refractivity contribution in [3.8, 4) is 0 Å². The zero-order valence-corrected chi connectivity index (χ0v) is 18.1. The monoisotopic (exact) mass is 462 g/mol. The van der Waals surface area contributed by atoms with E-state index in [1.54, 1.807) is 0 Å². The molecule has 0 bridgehead atoms. The summed E-state index contributed by atoms with van der Waals surface area (Å²) in [6.45, 7) is 2.31. The van der Waals surface area contributed by atoms with Crippen LogP contribution in [0.1, 0.15) is 35.1 Å². The number of rotatable bonds is 2.